The highest BCUT2D eigenvalue weighted by molar-refractivity contribution is 5.32. The van der Waals surface area contributed by atoms with Crippen LogP contribution in [0.2, 0.25) is 0 Å². The second-order valence-electron chi connectivity index (χ2n) is 4.16. The highest BCUT2D eigenvalue weighted by atomic mass is 16.5. The van der Waals surface area contributed by atoms with E-state index >= 15 is 0 Å². The fraction of sp³-hybridized carbons (Fsp3) is 0.267. The maximum Gasteiger partial charge on any atom is 0.130 e. The summed E-state index contributed by atoms with van der Waals surface area (Å²) in [6.45, 7) is 3.21. The van der Waals surface area contributed by atoms with Gasteiger partial charge in [-0.15, -0.1) is 0 Å². The van der Waals surface area contributed by atoms with Crippen LogP contribution >= 0.6 is 0 Å². The molecule has 2 aromatic rings. The van der Waals surface area contributed by atoms with E-state index < -0.39 is 0 Å². The second kappa shape index (κ2) is 6.64. The summed E-state index contributed by atoms with van der Waals surface area (Å²) < 4.78 is 11.1. The minimum atomic E-state index is 0.403. The molecule has 0 aliphatic heterocycles. The average molecular weight is 258 g/mol. The molecule has 0 bridgehead atoms. The zero-order valence-electron chi connectivity index (χ0n) is 11.0. The first kappa shape index (κ1) is 13.2. The topological polar surface area (TPSA) is 57.4 Å². The Bertz CT molecular complexity index is 512. The van der Waals surface area contributed by atoms with Crippen LogP contribution in [0.15, 0.2) is 42.5 Å². The summed E-state index contributed by atoms with van der Waals surface area (Å²) >= 11 is 0. The van der Waals surface area contributed by atoms with Gasteiger partial charge in [0.1, 0.15) is 23.9 Å². The van der Waals surface area contributed by atoms with E-state index in [1.807, 2.05) is 36.4 Å². The van der Waals surface area contributed by atoms with Crippen molar-refractivity contribution in [2.45, 2.75) is 20.0 Å². The minimum Gasteiger partial charge on any atom is -0.494 e. The molecule has 0 atom stereocenters. The van der Waals surface area contributed by atoms with E-state index in [0.717, 1.165) is 30.2 Å². The molecule has 100 valence electrons. The summed E-state index contributed by atoms with van der Waals surface area (Å²) in [6.07, 6.45) is 0.999. The van der Waals surface area contributed by atoms with Crippen LogP contribution in [0.25, 0.3) is 0 Å². The third-order valence-electron chi connectivity index (χ3n) is 2.51. The van der Waals surface area contributed by atoms with Crippen LogP contribution in [0.1, 0.15) is 19.0 Å². The van der Waals surface area contributed by atoms with E-state index in [4.69, 9.17) is 15.2 Å². The van der Waals surface area contributed by atoms with Gasteiger partial charge < -0.3 is 15.2 Å². The highest BCUT2D eigenvalue weighted by Crippen LogP contribution is 2.18. The Morgan fingerprint density at radius 3 is 2.32 bits per heavy atom. The normalized spacial score (nSPS) is 10.2. The molecule has 0 aliphatic rings. The molecule has 1 aromatic carbocycles. The number of nitrogens with zero attached hydrogens (tertiary/aromatic N) is 1. The van der Waals surface area contributed by atoms with Gasteiger partial charge in [-0.2, -0.15) is 0 Å². The van der Waals surface area contributed by atoms with Gasteiger partial charge in [0.05, 0.1) is 12.3 Å². The highest BCUT2D eigenvalue weighted by Gasteiger charge is 1.99. The Morgan fingerprint density at radius 1 is 1.00 bits per heavy atom. The predicted molar refractivity (Wildman–Crippen MR) is 75.2 cm³/mol. The molecular formula is C15H18N2O2. The fourth-order valence-corrected chi connectivity index (χ4v) is 1.59. The monoisotopic (exact) mass is 258 g/mol. The molecule has 4 nitrogen and oxygen atoms in total. The summed E-state index contributed by atoms with van der Waals surface area (Å²) in [6, 6.07) is 13.1. The van der Waals surface area contributed by atoms with Gasteiger partial charge in [0.25, 0.3) is 0 Å². The van der Waals surface area contributed by atoms with Gasteiger partial charge in [-0.25, -0.2) is 4.98 Å². The quantitative estimate of drug-likeness (QED) is 0.865. The largest absolute Gasteiger partial charge is 0.494 e. The molecule has 2 N–H and O–H groups in total. The summed E-state index contributed by atoms with van der Waals surface area (Å²) in [4.78, 5) is 4.17. The van der Waals surface area contributed by atoms with Crippen LogP contribution in [0.5, 0.6) is 11.5 Å². The number of ether oxygens (including phenoxy) is 2. The predicted octanol–water partition coefficient (Wildman–Crippen LogP) is 3.03. The average Bonchev–Trinajstić information content (AvgIpc) is 2.44. The zero-order valence-corrected chi connectivity index (χ0v) is 11.0. The number of benzene rings is 1. The smallest absolute Gasteiger partial charge is 0.130 e. The molecule has 0 fully saturated rings. The van der Waals surface area contributed by atoms with Crippen molar-refractivity contribution in [3.8, 4) is 11.5 Å². The van der Waals surface area contributed by atoms with E-state index in [1.165, 1.54) is 0 Å². The first-order valence-electron chi connectivity index (χ1n) is 6.35. The van der Waals surface area contributed by atoms with E-state index in [-0.39, 0.29) is 0 Å². The first-order chi connectivity index (χ1) is 9.28. The Balaban J connectivity index is 1.89. The summed E-state index contributed by atoms with van der Waals surface area (Å²) in [5.41, 5.74) is 6.42. The molecule has 1 heterocycles. The SMILES string of the molecule is CCCOc1ccc(OCc2cccc(N)n2)cc1. The first-order valence-corrected chi connectivity index (χ1v) is 6.35. The van der Waals surface area contributed by atoms with Crippen molar-refractivity contribution >= 4 is 5.82 Å². The van der Waals surface area contributed by atoms with Crippen molar-refractivity contribution in [1.29, 1.82) is 0 Å². The maximum atomic E-state index is 5.63. The van der Waals surface area contributed by atoms with Crippen LogP contribution in [0.4, 0.5) is 5.82 Å². The third-order valence-corrected chi connectivity index (χ3v) is 2.51. The number of nitrogen functional groups attached to an aromatic ring is 1. The number of rotatable bonds is 6. The molecule has 0 saturated heterocycles. The van der Waals surface area contributed by atoms with Crippen LogP contribution in [-0.2, 0) is 6.61 Å². The molecule has 0 unspecified atom stereocenters. The number of anilines is 1. The number of aromatic nitrogens is 1. The summed E-state index contributed by atoms with van der Waals surface area (Å²) in [7, 11) is 0. The van der Waals surface area contributed by atoms with E-state index in [9.17, 15) is 0 Å². The molecule has 0 amide bonds. The van der Waals surface area contributed by atoms with Crippen LogP contribution in [0.3, 0.4) is 0 Å². The van der Waals surface area contributed by atoms with Crippen molar-refractivity contribution in [2.75, 3.05) is 12.3 Å². The second-order valence-corrected chi connectivity index (χ2v) is 4.16. The zero-order chi connectivity index (χ0) is 13.5. The van der Waals surface area contributed by atoms with Gasteiger partial charge in [0.15, 0.2) is 0 Å². The van der Waals surface area contributed by atoms with Crippen molar-refractivity contribution < 1.29 is 9.47 Å². The van der Waals surface area contributed by atoms with Crippen molar-refractivity contribution in [3.05, 3.63) is 48.2 Å². The third kappa shape index (κ3) is 4.17. The molecular weight excluding hydrogens is 240 g/mol. The lowest BCUT2D eigenvalue weighted by atomic mass is 10.3. The Hall–Kier alpha value is -2.23. The number of hydrogen-bond acceptors (Lipinski definition) is 4. The van der Waals surface area contributed by atoms with Crippen molar-refractivity contribution in [2.24, 2.45) is 0 Å². The lowest BCUT2D eigenvalue weighted by Crippen LogP contribution is -2.00. The molecule has 4 heteroatoms. The van der Waals surface area contributed by atoms with Gasteiger partial charge in [0, 0.05) is 0 Å². The molecule has 0 radical (unpaired) electrons. The Labute approximate surface area is 113 Å². The van der Waals surface area contributed by atoms with Gasteiger partial charge in [-0.3, -0.25) is 0 Å². The lowest BCUT2D eigenvalue weighted by Gasteiger charge is -2.08. The molecule has 0 aliphatic carbocycles. The molecule has 2 rings (SSSR count). The Morgan fingerprint density at radius 2 is 1.68 bits per heavy atom. The van der Waals surface area contributed by atoms with Crippen molar-refractivity contribution in [3.63, 3.8) is 0 Å². The number of nitrogens with two attached hydrogens (primary N) is 1. The lowest BCUT2D eigenvalue weighted by molar-refractivity contribution is 0.297. The fourth-order valence-electron chi connectivity index (χ4n) is 1.59. The van der Waals surface area contributed by atoms with Gasteiger partial charge in [0.2, 0.25) is 0 Å². The number of hydrogen-bond donors (Lipinski definition) is 1. The molecule has 0 saturated carbocycles. The summed E-state index contributed by atoms with van der Waals surface area (Å²) in [5, 5.41) is 0. The van der Waals surface area contributed by atoms with E-state index in [1.54, 1.807) is 6.07 Å². The standard InChI is InChI=1S/C15H18N2O2/c1-2-10-18-13-6-8-14(9-7-13)19-11-12-4-3-5-15(16)17-12/h3-9H,2,10-11H2,1H3,(H2,16,17). The van der Waals surface area contributed by atoms with Crippen LogP contribution < -0.4 is 15.2 Å². The van der Waals surface area contributed by atoms with Crippen molar-refractivity contribution in [1.82, 2.24) is 4.98 Å². The van der Waals surface area contributed by atoms with Crippen LogP contribution in [0, 0.1) is 0 Å². The summed E-state index contributed by atoms with van der Waals surface area (Å²) in [5.74, 6) is 2.15. The minimum absolute atomic E-state index is 0.403. The Kier molecular flexibility index (Phi) is 4.61. The maximum absolute atomic E-state index is 5.63. The molecule has 0 spiro atoms. The van der Waals surface area contributed by atoms with Gasteiger partial charge >= 0.3 is 0 Å². The molecule has 1 aromatic heterocycles. The van der Waals surface area contributed by atoms with E-state index in [0.29, 0.717) is 12.4 Å². The van der Waals surface area contributed by atoms with Gasteiger partial charge in [-0.05, 0) is 42.8 Å². The van der Waals surface area contributed by atoms with Gasteiger partial charge in [-0.1, -0.05) is 13.0 Å². The van der Waals surface area contributed by atoms with E-state index in [2.05, 4.69) is 11.9 Å². The molecule has 19 heavy (non-hydrogen) atoms. The van der Waals surface area contributed by atoms with Crippen LogP contribution in [-0.4, -0.2) is 11.6 Å². The number of pyridine rings is 1.